The van der Waals surface area contributed by atoms with Gasteiger partial charge >= 0.3 is 6.09 Å². The fourth-order valence-electron chi connectivity index (χ4n) is 1.47. The van der Waals surface area contributed by atoms with Crippen molar-refractivity contribution in [2.45, 2.75) is 39.5 Å². The Labute approximate surface area is 120 Å². The lowest BCUT2D eigenvalue weighted by Crippen LogP contribution is -2.32. The lowest BCUT2D eigenvalue weighted by atomic mass is 10.1. The van der Waals surface area contributed by atoms with E-state index in [0.717, 1.165) is 11.1 Å². The van der Waals surface area contributed by atoms with Gasteiger partial charge in [0.05, 0.1) is 6.61 Å². The molecule has 1 aromatic carbocycles. The number of ether oxygens (including phenoxy) is 2. The van der Waals surface area contributed by atoms with E-state index in [4.69, 9.17) is 15.9 Å². The van der Waals surface area contributed by atoms with Crippen LogP contribution in [0.1, 0.15) is 31.9 Å². The van der Waals surface area contributed by atoms with Crippen molar-refractivity contribution < 1.29 is 14.3 Å². The van der Waals surface area contributed by atoms with Crippen molar-refractivity contribution in [1.29, 1.82) is 0 Å². The molecule has 20 heavy (non-hydrogen) atoms. The Kier molecular flexibility index (Phi) is 6.08. The fraction of sp³-hybridized carbons (Fsp3) is 0.438. The zero-order valence-electron chi connectivity index (χ0n) is 12.2. The summed E-state index contributed by atoms with van der Waals surface area (Å²) in [5.74, 6) is 2.42. The Morgan fingerprint density at radius 3 is 2.40 bits per heavy atom. The summed E-state index contributed by atoms with van der Waals surface area (Å²) >= 11 is 0. The molecule has 0 aromatic heterocycles. The maximum absolute atomic E-state index is 11.5. The second kappa shape index (κ2) is 7.56. The van der Waals surface area contributed by atoms with Crippen molar-refractivity contribution in [2.24, 2.45) is 0 Å². The van der Waals surface area contributed by atoms with Crippen LogP contribution in [0.25, 0.3) is 0 Å². The number of carbonyl (C=O) groups is 1. The highest BCUT2D eigenvalue weighted by atomic mass is 16.6. The number of rotatable bonds is 5. The average Bonchev–Trinajstić information content (AvgIpc) is 2.36. The third-order valence-corrected chi connectivity index (χ3v) is 2.31. The van der Waals surface area contributed by atoms with Crippen LogP contribution in [0.15, 0.2) is 24.3 Å². The van der Waals surface area contributed by atoms with Crippen LogP contribution in [0.3, 0.4) is 0 Å². The summed E-state index contributed by atoms with van der Waals surface area (Å²) in [6, 6.07) is 7.77. The Morgan fingerprint density at radius 1 is 1.25 bits per heavy atom. The van der Waals surface area contributed by atoms with Gasteiger partial charge in [-0.1, -0.05) is 30.2 Å². The highest BCUT2D eigenvalue weighted by Crippen LogP contribution is 2.08. The number of terminal acetylenes is 1. The van der Waals surface area contributed by atoms with Crippen LogP contribution in [-0.2, 0) is 22.6 Å². The molecule has 0 radical (unpaired) electrons. The molecule has 1 amide bonds. The minimum atomic E-state index is -0.484. The van der Waals surface area contributed by atoms with Gasteiger partial charge in [-0.25, -0.2) is 4.79 Å². The monoisotopic (exact) mass is 275 g/mol. The third-order valence-electron chi connectivity index (χ3n) is 2.31. The molecule has 1 N–H and O–H groups in total. The van der Waals surface area contributed by atoms with Crippen LogP contribution in [-0.4, -0.2) is 18.3 Å². The molecule has 4 heteroatoms. The van der Waals surface area contributed by atoms with Gasteiger partial charge in [0.2, 0.25) is 0 Å². The maximum atomic E-state index is 11.5. The van der Waals surface area contributed by atoms with Crippen molar-refractivity contribution in [3.05, 3.63) is 35.4 Å². The molecular weight excluding hydrogens is 254 g/mol. The maximum Gasteiger partial charge on any atom is 0.407 e. The van der Waals surface area contributed by atoms with E-state index < -0.39 is 11.7 Å². The van der Waals surface area contributed by atoms with Gasteiger partial charge in [0.15, 0.2) is 0 Å². The molecule has 1 aromatic rings. The molecule has 0 saturated heterocycles. The summed E-state index contributed by atoms with van der Waals surface area (Å²) < 4.78 is 10.4. The lowest BCUT2D eigenvalue weighted by molar-refractivity contribution is 0.0523. The average molecular weight is 275 g/mol. The largest absolute Gasteiger partial charge is 0.444 e. The van der Waals surface area contributed by atoms with Crippen LogP contribution in [0, 0.1) is 12.3 Å². The first-order chi connectivity index (χ1) is 9.40. The second-order valence-corrected chi connectivity index (χ2v) is 5.37. The Bertz CT molecular complexity index is 466. The zero-order valence-corrected chi connectivity index (χ0v) is 12.2. The Balaban J connectivity index is 2.38. The number of hydrogen-bond donors (Lipinski definition) is 1. The van der Waals surface area contributed by atoms with Gasteiger partial charge in [0, 0.05) is 6.54 Å². The smallest absolute Gasteiger partial charge is 0.407 e. The van der Waals surface area contributed by atoms with E-state index in [2.05, 4.69) is 11.2 Å². The van der Waals surface area contributed by atoms with Gasteiger partial charge in [-0.2, -0.15) is 0 Å². The van der Waals surface area contributed by atoms with Gasteiger partial charge < -0.3 is 14.8 Å². The van der Waals surface area contributed by atoms with E-state index in [1.54, 1.807) is 0 Å². The molecule has 0 saturated carbocycles. The Hall–Kier alpha value is -1.99. The first kappa shape index (κ1) is 16.1. The number of amides is 1. The predicted octanol–water partition coefficient (Wildman–Crippen LogP) is 2.86. The lowest BCUT2D eigenvalue weighted by Gasteiger charge is -2.19. The normalized spacial score (nSPS) is 10.7. The van der Waals surface area contributed by atoms with Crippen molar-refractivity contribution in [3.63, 3.8) is 0 Å². The number of alkyl carbamates (subject to hydrolysis) is 1. The minimum absolute atomic E-state index is 0.307. The summed E-state index contributed by atoms with van der Waals surface area (Å²) in [7, 11) is 0. The molecule has 0 atom stereocenters. The molecule has 0 aliphatic rings. The molecular formula is C16H21NO3. The molecule has 0 spiro atoms. The molecule has 1 rings (SSSR count). The standard InChI is InChI=1S/C16H21NO3/c1-5-10-19-12-14-8-6-13(7-9-14)11-17-15(18)20-16(2,3)4/h1,6-9H,10-12H2,2-4H3,(H,17,18). The summed E-state index contributed by atoms with van der Waals surface area (Å²) in [6.45, 7) is 6.72. The van der Waals surface area contributed by atoms with Gasteiger partial charge in [-0.3, -0.25) is 0 Å². The topological polar surface area (TPSA) is 47.6 Å². The molecule has 108 valence electrons. The molecule has 0 heterocycles. The van der Waals surface area contributed by atoms with Gasteiger partial charge in [0.1, 0.15) is 12.2 Å². The first-order valence-corrected chi connectivity index (χ1v) is 6.46. The molecule has 0 fully saturated rings. The van der Waals surface area contributed by atoms with Crippen LogP contribution >= 0.6 is 0 Å². The molecule has 0 unspecified atom stereocenters. The van der Waals surface area contributed by atoms with Crippen molar-refractivity contribution in [3.8, 4) is 12.3 Å². The SMILES string of the molecule is C#CCOCc1ccc(CNC(=O)OC(C)(C)C)cc1. The third kappa shape index (κ3) is 6.81. The van der Waals surface area contributed by atoms with Gasteiger partial charge in [-0.05, 0) is 31.9 Å². The second-order valence-electron chi connectivity index (χ2n) is 5.37. The van der Waals surface area contributed by atoms with Crippen LogP contribution in [0.2, 0.25) is 0 Å². The van der Waals surface area contributed by atoms with Crippen LogP contribution in [0.4, 0.5) is 4.79 Å². The van der Waals surface area contributed by atoms with E-state index in [9.17, 15) is 4.79 Å². The first-order valence-electron chi connectivity index (χ1n) is 6.46. The summed E-state index contributed by atoms with van der Waals surface area (Å²) in [5.41, 5.74) is 1.56. The van der Waals surface area contributed by atoms with Gasteiger partial charge in [0.25, 0.3) is 0 Å². The fourth-order valence-corrected chi connectivity index (χ4v) is 1.47. The highest BCUT2D eigenvalue weighted by Gasteiger charge is 2.15. The minimum Gasteiger partial charge on any atom is -0.444 e. The summed E-state index contributed by atoms with van der Waals surface area (Å²) in [5, 5.41) is 2.71. The molecule has 0 aliphatic heterocycles. The molecule has 4 nitrogen and oxygen atoms in total. The van der Waals surface area contributed by atoms with E-state index in [1.807, 2.05) is 45.0 Å². The number of hydrogen-bond acceptors (Lipinski definition) is 3. The van der Waals surface area contributed by atoms with E-state index in [-0.39, 0.29) is 0 Å². The number of carbonyl (C=O) groups excluding carboxylic acids is 1. The van der Waals surface area contributed by atoms with Crippen molar-refractivity contribution in [1.82, 2.24) is 5.32 Å². The van der Waals surface area contributed by atoms with Crippen LogP contribution < -0.4 is 5.32 Å². The summed E-state index contributed by atoms with van der Waals surface area (Å²) in [6.07, 6.45) is 4.68. The molecule has 0 bridgehead atoms. The molecule has 0 aliphatic carbocycles. The van der Waals surface area contributed by atoms with E-state index >= 15 is 0 Å². The Morgan fingerprint density at radius 2 is 1.85 bits per heavy atom. The number of benzene rings is 1. The van der Waals surface area contributed by atoms with Crippen LogP contribution in [0.5, 0.6) is 0 Å². The quantitative estimate of drug-likeness (QED) is 0.664. The number of nitrogens with one attached hydrogen (secondary N) is 1. The van der Waals surface area contributed by atoms with E-state index in [1.165, 1.54) is 0 Å². The zero-order chi connectivity index (χ0) is 15.0. The highest BCUT2D eigenvalue weighted by molar-refractivity contribution is 5.67. The van der Waals surface area contributed by atoms with E-state index in [0.29, 0.717) is 19.8 Å². The van der Waals surface area contributed by atoms with Crippen molar-refractivity contribution >= 4 is 6.09 Å². The van der Waals surface area contributed by atoms with Crippen molar-refractivity contribution in [2.75, 3.05) is 6.61 Å². The predicted molar refractivity (Wildman–Crippen MR) is 78.0 cm³/mol. The van der Waals surface area contributed by atoms with Gasteiger partial charge in [-0.15, -0.1) is 6.42 Å². The summed E-state index contributed by atoms with van der Waals surface area (Å²) in [4.78, 5) is 11.5.